The Balaban J connectivity index is 0.000000234. The topological polar surface area (TPSA) is 156 Å². The van der Waals surface area contributed by atoms with E-state index in [4.69, 9.17) is 0 Å². The highest BCUT2D eigenvalue weighted by Gasteiger charge is 2.33. The van der Waals surface area contributed by atoms with Gasteiger partial charge in [0.2, 0.25) is 0 Å². The van der Waals surface area contributed by atoms with E-state index in [1.807, 2.05) is 62.4 Å². The predicted octanol–water partition coefficient (Wildman–Crippen LogP) is 6.96. The number of aliphatic hydroxyl groups is 4. The first kappa shape index (κ1) is 48.4. The fraction of sp³-hybridized carbons (Fsp3) is 0.440. The van der Waals surface area contributed by atoms with Crippen molar-refractivity contribution in [3.05, 3.63) is 119 Å². The van der Waals surface area contributed by atoms with Crippen LogP contribution in [0.25, 0.3) is 0 Å². The molecule has 0 saturated carbocycles. The summed E-state index contributed by atoms with van der Waals surface area (Å²) in [4.78, 5) is 5.05. The van der Waals surface area contributed by atoms with Crippen molar-refractivity contribution in [2.45, 2.75) is 124 Å². The summed E-state index contributed by atoms with van der Waals surface area (Å²) in [6, 6.07) is 28.6. The average molecular weight is 883 g/mol. The van der Waals surface area contributed by atoms with E-state index in [2.05, 4.69) is 33.5 Å². The van der Waals surface area contributed by atoms with Gasteiger partial charge in [0.05, 0.1) is 42.9 Å². The number of hydrogen-bond acceptors (Lipinski definition) is 10. The van der Waals surface area contributed by atoms with E-state index in [0.29, 0.717) is 74.5 Å². The van der Waals surface area contributed by atoms with Crippen molar-refractivity contribution < 1.29 is 37.3 Å². The molecule has 10 nitrogen and oxygen atoms in total. The maximum absolute atomic E-state index is 13.0. The normalized spacial score (nSPS) is 16.5. The molecule has 0 spiro atoms. The van der Waals surface area contributed by atoms with Crippen LogP contribution in [0, 0.1) is 23.7 Å². The fourth-order valence-corrected chi connectivity index (χ4v) is 11.0. The van der Waals surface area contributed by atoms with Crippen LogP contribution in [-0.2, 0) is 30.9 Å². The van der Waals surface area contributed by atoms with Gasteiger partial charge in [-0.2, -0.15) is 0 Å². The first-order chi connectivity index (χ1) is 29.2. The molecule has 2 fully saturated rings. The molecule has 0 amide bonds. The molecular formula is C50H62N2O8S2. The van der Waals surface area contributed by atoms with Crippen molar-refractivity contribution in [1.29, 1.82) is 0 Å². The zero-order valence-electron chi connectivity index (χ0n) is 36.8. The molecule has 2 saturated heterocycles. The molecule has 0 bridgehead atoms. The van der Waals surface area contributed by atoms with Crippen molar-refractivity contribution in [3.8, 4) is 23.7 Å². The van der Waals surface area contributed by atoms with E-state index in [-0.39, 0.29) is 0 Å². The molecule has 2 aliphatic heterocycles. The van der Waals surface area contributed by atoms with E-state index < -0.39 is 53.6 Å². The number of aliphatic hydroxyl groups excluding tert-OH is 2. The number of anilines is 2. The summed E-state index contributed by atoms with van der Waals surface area (Å²) in [5, 5.41) is 39.7. The Morgan fingerprint density at radius 1 is 0.565 bits per heavy atom. The Labute approximate surface area is 369 Å². The van der Waals surface area contributed by atoms with Crippen LogP contribution >= 0.6 is 0 Å². The molecule has 62 heavy (non-hydrogen) atoms. The van der Waals surface area contributed by atoms with Crippen molar-refractivity contribution in [2.75, 3.05) is 36.0 Å². The van der Waals surface area contributed by atoms with Gasteiger partial charge >= 0.3 is 0 Å². The molecule has 0 aliphatic carbocycles. The molecule has 4 aromatic carbocycles. The number of sulfone groups is 2. The third-order valence-corrected chi connectivity index (χ3v) is 16.1. The van der Waals surface area contributed by atoms with Gasteiger partial charge in [0.25, 0.3) is 0 Å². The van der Waals surface area contributed by atoms with Crippen LogP contribution in [-0.4, -0.2) is 86.1 Å². The Kier molecular flexibility index (Phi) is 16.1. The zero-order chi connectivity index (χ0) is 45.3. The summed E-state index contributed by atoms with van der Waals surface area (Å²) in [7, 11) is -6.70. The van der Waals surface area contributed by atoms with Crippen LogP contribution in [0.4, 0.5) is 11.4 Å². The fourth-order valence-electron chi connectivity index (χ4n) is 7.53. The lowest BCUT2D eigenvalue weighted by molar-refractivity contribution is 0.0780. The molecule has 4 N–H and O–H groups in total. The minimum absolute atomic E-state index is 0.378. The van der Waals surface area contributed by atoms with Crippen molar-refractivity contribution in [3.63, 3.8) is 0 Å². The molecule has 0 radical (unpaired) electrons. The van der Waals surface area contributed by atoms with Gasteiger partial charge in [0.15, 0.2) is 19.7 Å². The molecule has 2 atom stereocenters. The summed E-state index contributed by atoms with van der Waals surface area (Å²) in [6.07, 6.45) is 1.81. The second-order valence-corrected chi connectivity index (χ2v) is 21.5. The SMILES string of the molecule is CC[C@@H](O)C#Cc1cc(C(C)(C)O)ccc1N1CCC(S(=O)(=O)c2ccccc2)CC1.CC[C@H](O)C#Cc1cc(C(C)(C)O)ccc1N1CCC(S(=O)(=O)c2ccccc2)CC1. The van der Waals surface area contributed by atoms with E-state index in [1.54, 1.807) is 76.2 Å². The monoisotopic (exact) mass is 882 g/mol. The van der Waals surface area contributed by atoms with Gasteiger partial charge in [-0.1, -0.05) is 86.1 Å². The van der Waals surface area contributed by atoms with Gasteiger partial charge in [-0.25, -0.2) is 16.8 Å². The lowest BCUT2D eigenvalue weighted by Gasteiger charge is -2.34. The molecule has 2 aliphatic rings. The second kappa shape index (κ2) is 20.7. The lowest BCUT2D eigenvalue weighted by atomic mass is 9.95. The molecule has 12 heteroatoms. The Morgan fingerprint density at radius 2 is 0.887 bits per heavy atom. The zero-order valence-corrected chi connectivity index (χ0v) is 38.4. The summed E-state index contributed by atoms with van der Waals surface area (Å²) in [5.74, 6) is 11.9. The van der Waals surface area contributed by atoms with Crippen LogP contribution in [0.3, 0.4) is 0 Å². The highest BCUT2D eigenvalue weighted by atomic mass is 32.2. The molecule has 0 aromatic heterocycles. The molecule has 4 aromatic rings. The minimum Gasteiger partial charge on any atom is -0.386 e. The van der Waals surface area contributed by atoms with E-state index in [9.17, 15) is 37.3 Å². The number of piperidine rings is 2. The highest BCUT2D eigenvalue weighted by molar-refractivity contribution is 7.92. The quantitative estimate of drug-likeness (QED) is 0.123. The molecule has 0 unspecified atom stereocenters. The summed E-state index contributed by atoms with van der Waals surface area (Å²) >= 11 is 0. The summed E-state index contributed by atoms with van der Waals surface area (Å²) in [6.45, 7) is 13.0. The predicted molar refractivity (Wildman–Crippen MR) is 247 cm³/mol. The van der Waals surface area contributed by atoms with E-state index in [0.717, 1.165) is 33.6 Å². The molecule has 332 valence electrons. The maximum Gasteiger partial charge on any atom is 0.181 e. The Morgan fingerprint density at radius 3 is 1.18 bits per heavy atom. The van der Waals surface area contributed by atoms with Gasteiger partial charge in [0.1, 0.15) is 12.2 Å². The lowest BCUT2D eigenvalue weighted by Crippen LogP contribution is -2.39. The number of benzene rings is 4. The van der Waals surface area contributed by atoms with Gasteiger partial charge < -0.3 is 30.2 Å². The van der Waals surface area contributed by atoms with Crippen LogP contribution in [0.15, 0.2) is 107 Å². The first-order valence-electron chi connectivity index (χ1n) is 21.5. The average Bonchev–Trinajstić information content (AvgIpc) is 3.27. The maximum atomic E-state index is 13.0. The van der Waals surface area contributed by atoms with Crippen molar-refractivity contribution >= 4 is 31.0 Å². The number of hydrogen-bond donors (Lipinski definition) is 4. The number of rotatable bonds is 10. The summed E-state index contributed by atoms with van der Waals surface area (Å²) in [5.41, 5.74) is 2.75. The van der Waals surface area contributed by atoms with Crippen LogP contribution in [0.1, 0.15) is 102 Å². The number of nitrogens with zero attached hydrogens (tertiary/aromatic N) is 2. The van der Waals surface area contributed by atoms with Gasteiger partial charge in [0, 0.05) is 37.3 Å². The molecular weight excluding hydrogens is 821 g/mol. The van der Waals surface area contributed by atoms with Gasteiger partial charge in [-0.3, -0.25) is 0 Å². The van der Waals surface area contributed by atoms with Crippen LogP contribution < -0.4 is 9.80 Å². The molecule has 2 heterocycles. The summed E-state index contributed by atoms with van der Waals surface area (Å²) < 4.78 is 51.9. The second-order valence-electron chi connectivity index (χ2n) is 17.1. The minimum atomic E-state index is -3.35. The van der Waals surface area contributed by atoms with E-state index >= 15 is 0 Å². The third kappa shape index (κ3) is 12.3. The highest BCUT2D eigenvalue weighted by Crippen LogP contribution is 2.33. The van der Waals surface area contributed by atoms with Crippen molar-refractivity contribution in [2.24, 2.45) is 0 Å². The molecule has 6 rings (SSSR count). The standard InChI is InChI=1S/2C25H31NO4S/c2*1-4-21(27)12-10-19-18-20(25(2,3)28)11-13-24(19)26-16-14-23(15-17-26)31(29,30)22-8-6-5-7-9-22/h2*5-9,11,13,18,21,23,27-28H,4,14-17H2,1-3H3/t2*21-/m10/s1. The largest absolute Gasteiger partial charge is 0.386 e. The third-order valence-electron chi connectivity index (χ3n) is 11.5. The Bertz CT molecular complexity index is 2280. The van der Waals surface area contributed by atoms with Crippen LogP contribution in [0.5, 0.6) is 0 Å². The van der Waals surface area contributed by atoms with Crippen molar-refractivity contribution in [1.82, 2.24) is 0 Å². The van der Waals surface area contributed by atoms with Crippen LogP contribution in [0.2, 0.25) is 0 Å². The van der Waals surface area contributed by atoms with Gasteiger partial charge in [-0.05, 0) is 126 Å². The Hall–Kier alpha value is -4.66. The smallest absolute Gasteiger partial charge is 0.181 e. The van der Waals surface area contributed by atoms with Gasteiger partial charge in [-0.15, -0.1) is 0 Å². The first-order valence-corrected chi connectivity index (χ1v) is 24.6. The van der Waals surface area contributed by atoms with E-state index in [1.165, 1.54) is 0 Å².